The minimum atomic E-state index is -0.135. The molecule has 144 valence electrons. The molecule has 3 atom stereocenters. The maximum absolute atomic E-state index is 12.7. The van der Waals surface area contributed by atoms with E-state index in [-0.39, 0.29) is 23.8 Å². The van der Waals surface area contributed by atoms with Crippen molar-refractivity contribution in [2.24, 2.45) is 5.92 Å². The van der Waals surface area contributed by atoms with Gasteiger partial charge in [0.05, 0.1) is 25.7 Å². The lowest BCUT2D eigenvalue weighted by Gasteiger charge is -2.28. The minimum absolute atomic E-state index is 0.0109. The minimum Gasteiger partial charge on any atom is -0.466 e. The summed E-state index contributed by atoms with van der Waals surface area (Å²) in [6, 6.07) is 13.9. The Morgan fingerprint density at radius 3 is 2.78 bits per heavy atom. The normalized spacial score (nSPS) is 20.6. The Bertz CT molecular complexity index is 733. The van der Waals surface area contributed by atoms with Crippen LogP contribution in [0, 0.1) is 5.92 Å². The van der Waals surface area contributed by atoms with Gasteiger partial charge in [-0.05, 0) is 36.8 Å². The summed E-state index contributed by atoms with van der Waals surface area (Å²) in [5, 5.41) is 5.21. The summed E-state index contributed by atoms with van der Waals surface area (Å²) < 4.78 is 5.15. The molecule has 2 aromatic rings. The highest BCUT2D eigenvalue weighted by Crippen LogP contribution is 2.25. The maximum Gasteiger partial charge on any atom is 0.314 e. The molecular weight excluding hydrogens is 360 g/mol. The third-order valence-corrected chi connectivity index (χ3v) is 5.85. The van der Waals surface area contributed by atoms with Crippen LogP contribution in [0.5, 0.6) is 0 Å². The molecule has 2 N–H and O–H groups in total. The van der Waals surface area contributed by atoms with E-state index in [2.05, 4.69) is 5.32 Å². The van der Waals surface area contributed by atoms with Crippen LogP contribution in [-0.2, 0) is 14.3 Å². The number of thiophene rings is 1. The second kappa shape index (κ2) is 9.67. The molecule has 2 heterocycles. The van der Waals surface area contributed by atoms with Crippen molar-refractivity contribution < 1.29 is 19.2 Å². The van der Waals surface area contributed by atoms with Gasteiger partial charge in [0.25, 0.3) is 5.91 Å². The largest absolute Gasteiger partial charge is 0.466 e. The molecule has 0 saturated carbocycles. The van der Waals surface area contributed by atoms with Crippen molar-refractivity contribution in [2.75, 3.05) is 26.2 Å². The molecule has 1 unspecified atom stereocenters. The van der Waals surface area contributed by atoms with E-state index in [1.54, 1.807) is 11.3 Å². The fourth-order valence-corrected chi connectivity index (χ4v) is 4.43. The molecule has 0 radical (unpaired) electrons. The Morgan fingerprint density at radius 2 is 2.07 bits per heavy atom. The van der Waals surface area contributed by atoms with Crippen LogP contribution in [0.2, 0.25) is 0 Å². The van der Waals surface area contributed by atoms with Crippen molar-refractivity contribution in [1.82, 2.24) is 5.32 Å². The van der Waals surface area contributed by atoms with Gasteiger partial charge in [-0.15, -0.1) is 11.3 Å². The predicted molar refractivity (Wildman–Crippen MR) is 106 cm³/mol. The number of hydrogen-bond acceptors (Lipinski definition) is 4. The number of quaternary nitrogens is 1. The van der Waals surface area contributed by atoms with Gasteiger partial charge in [-0.1, -0.05) is 36.4 Å². The number of benzene rings is 1. The predicted octanol–water partition coefficient (Wildman–Crippen LogP) is 1.81. The quantitative estimate of drug-likeness (QED) is 0.713. The van der Waals surface area contributed by atoms with Crippen LogP contribution in [0.4, 0.5) is 0 Å². The lowest BCUT2D eigenvalue weighted by Crippen LogP contribution is -3.14. The van der Waals surface area contributed by atoms with Crippen molar-refractivity contribution in [1.29, 1.82) is 0 Å². The average molecular weight is 388 g/mol. The Morgan fingerprint density at radius 1 is 1.26 bits per heavy atom. The van der Waals surface area contributed by atoms with Gasteiger partial charge in [-0.2, -0.15) is 0 Å². The zero-order chi connectivity index (χ0) is 19.1. The van der Waals surface area contributed by atoms with E-state index in [1.807, 2.05) is 54.8 Å². The Balaban J connectivity index is 1.62. The van der Waals surface area contributed by atoms with E-state index in [1.165, 1.54) is 0 Å². The first-order valence-corrected chi connectivity index (χ1v) is 10.4. The van der Waals surface area contributed by atoms with E-state index in [0.717, 1.165) is 34.7 Å². The van der Waals surface area contributed by atoms with Gasteiger partial charge < -0.3 is 15.0 Å². The zero-order valence-electron chi connectivity index (χ0n) is 15.6. The summed E-state index contributed by atoms with van der Waals surface area (Å²) in [6.45, 7) is 4.20. The van der Waals surface area contributed by atoms with Crippen LogP contribution in [0.3, 0.4) is 0 Å². The summed E-state index contributed by atoms with van der Waals surface area (Å²) in [5.74, 6) is -0.212. The molecule has 1 saturated heterocycles. The van der Waals surface area contributed by atoms with E-state index in [4.69, 9.17) is 4.74 Å². The number of rotatable bonds is 7. The first-order chi connectivity index (χ1) is 13.2. The smallest absolute Gasteiger partial charge is 0.314 e. The molecule has 0 aliphatic carbocycles. The number of esters is 1. The summed E-state index contributed by atoms with van der Waals surface area (Å²) in [5.41, 5.74) is 1.08. The number of hydrogen-bond donors (Lipinski definition) is 2. The molecule has 1 fully saturated rings. The van der Waals surface area contributed by atoms with Gasteiger partial charge in [-0.25, -0.2) is 0 Å². The highest BCUT2D eigenvalue weighted by atomic mass is 32.1. The monoisotopic (exact) mass is 387 g/mol. The first-order valence-electron chi connectivity index (χ1n) is 9.55. The summed E-state index contributed by atoms with van der Waals surface area (Å²) in [6.07, 6.45) is 1.80. The van der Waals surface area contributed by atoms with Crippen molar-refractivity contribution in [3.05, 3.63) is 58.3 Å². The molecule has 1 aliphatic heterocycles. The fourth-order valence-electron chi connectivity index (χ4n) is 3.63. The van der Waals surface area contributed by atoms with Gasteiger partial charge in [0.15, 0.2) is 6.54 Å². The van der Waals surface area contributed by atoms with E-state index in [9.17, 15) is 9.59 Å². The Kier molecular flexibility index (Phi) is 7.01. The highest BCUT2D eigenvalue weighted by Gasteiger charge is 2.31. The number of likely N-dealkylation sites (tertiary alicyclic amines) is 1. The van der Waals surface area contributed by atoms with Crippen LogP contribution in [0.25, 0.3) is 0 Å². The SMILES string of the molecule is CCOC(=O)[C@H]1CCC[NH+](CC(=O)N[C@@H](c2ccccc2)c2cccs2)C1. The molecular formula is C21H27N2O3S+. The molecule has 0 spiro atoms. The molecule has 1 aromatic heterocycles. The highest BCUT2D eigenvalue weighted by molar-refractivity contribution is 7.10. The number of amides is 1. The summed E-state index contributed by atoms with van der Waals surface area (Å²) in [4.78, 5) is 27.0. The molecule has 1 aromatic carbocycles. The van der Waals surface area contributed by atoms with Crippen LogP contribution in [0.15, 0.2) is 47.8 Å². The second-order valence-electron chi connectivity index (χ2n) is 6.90. The third kappa shape index (κ3) is 5.40. The molecule has 3 rings (SSSR count). The van der Waals surface area contributed by atoms with Crippen molar-refractivity contribution in [3.63, 3.8) is 0 Å². The number of nitrogens with one attached hydrogen (secondary N) is 2. The number of ether oxygens (including phenoxy) is 1. The number of piperidine rings is 1. The third-order valence-electron chi connectivity index (χ3n) is 4.91. The molecule has 1 aliphatic rings. The van der Waals surface area contributed by atoms with Gasteiger partial charge in [-0.3, -0.25) is 9.59 Å². The van der Waals surface area contributed by atoms with Gasteiger partial charge in [0, 0.05) is 4.88 Å². The first kappa shape index (κ1) is 19.6. The fraction of sp³-hybridized carbons (Fsp3) is 0.429. The summed E-state index contributed by atoms with van der Waals surface area (Å²) in [7, 11) is 0. The van der Waals surface area contributed by atoms with Crippen LogP contribution >= 0.6 is 11.3 Å². The molecule has 5 nitrogen and oxygen atoms in total. The second-order valence-corrected chi connectivity index (χ2v) is 7.88. The topological polar surface area (TPSA) is 59.8 Å². The maximum atomic E-state index is 12.7. The Hall–Kier alpha value is -2.18. The van der Waals surface area contributed by atoms with E-state index >= 15 is 0 Å². The lowest BCUT2D eigenvalue weighted by molar-refractivity contribution is -0.899. The van der Waals surface area contributed by atoms with Crippen molar-refractivity contribution in [3.8, 4) is 0 Å². The van der Waals surface area contributed by atoms with Gasteiger partial charge >= 0.3 is 5.97 Å². The van der Waals surface area contributed by atoms with E-state index < -0.39 is 0 Å². The number of carbonyl (C=O) groups is 2. The Labute approximate surface area is 164 Å². The lowest BCUT2D eigenvalue weighted by atomic mass is 9.98. The standard InChI is InChI=1S/C21H26N2O3S/c1-2-26-21(25)17-10-6-12-23(14-17)15-19(24)22-20(18-11-7-13-27-18)16-8-4-3-5-9-16/h3-5,7-9,11,13,17,20H,2,6,10,12,14-15H2,1H3,(H,22,24)/p+1/t17-,20-/m0/s1. The molecule has 1 amide bonds. The van der Waals surface area contributed by atoms with Gasteiger partial charge in [0.2, 0.25) is 0 Å². The van der Waals surface area contributed by atoms with Gasteiger partial charge in [0.1, 0.15) is 5.92 Å². The average Bonchev–Trinajstić information content (AvgIpc) is 3.22. The van der Waals surface area contributed by atoms with Crippen LogP contribution in [-0.4, -0.2) is 38.1 Å². The molecule has 6 heteroatoms. The molecule has 0 bridgehead atoms. The zero-order valence-corrected chi connectivity index (χ0v) is 16.5. The summed E-state index contributed by atoms with van der Waals surface area (Å²) >= 11 is 1.64. The van der Waals surface area contributed by atoms with Crippen molar-refractivity contribution >= 4 is 23.2 Å². The number of carbonyl (C=O) groups excluding carboxylic acids is 2. The van der Waals surface area contributed by atoms with Crippen LogP contribution < -0.4 is 10.2 Å². The van der Waals surface area contributed by atoms with E-state index in [0.29, 0.717) is 19.7 Å². The molecule has 27 heavy (non-hydrogen) atoms. The van der Waals surface area contributed by atoms with Crippen molar-refractivity contribution in [2.45, 2.75) is 25.8 Å². The van der Waals surface area contributed by atoms with Crippen LogP contribution in [0.1, 0.15) is 36.2 Å².